The van der Waals surface area contributed by atoms with Gasteiger partial charge in [-0.1, -0.05) is 0 Å². The van der Waals surface area contributed by atoms with Gasteiger partial charge in [0.05, 0.1) is 22.4 Å². The molecule has 1 atom stereocenters. The average molecular weight is 228 g/mol. The van der Waals surface area contributed by atoms with E-state index in [4.69, 9.17) is 0 Å². The zero-order chi connectivity index (χ0) is 11.5. The summed E-state index contributed by atoms with van der Waals surface area (Å²) in [5.74, 6) is -0.559. The highest BCUT2D eigenvalue weighted by molar-refractivity contribution is 7.92. The molecular weight excluding hydrogens is 216 g/mol. The number of esters is 1. The van der Waals surface area contributed by atoms with Gasteiger partial charge in [-0.05, 0) is 12.1 Å². The number of ether oxygens (including phenoxy) is 1. The molecule has 0 radical (unpaired) electrons. The van der Waals surface area contributed by atoms with Crippen molar-refractivity contribution in [1.29, 1.82) is 0 Å². The molecule has 0 N–H and O–H groups in total. The largest absolute Gasteiger partial charge is 0.465 e. The zero-order valence-corrected chi connectivity index (χ0v) is 9.58. The third kappa shape index (κ3) is 2.33. The first-order chi connectivity index (χ1) is 7.03. The molecule has 0 saturated heterocycles. The second-order valence-electron chi connectivity index (χ2n) is 2.83. The molecule has 0 aromatic carbocycles. The minimum absolute atomic E-state index is 0.166. The number of methoxy groups -OCH3 is 1. The van der Waals surface area contributed by atoms with Gasteiger partial charge in [0.25, 0.3) is 0 Å². The van der Waals surface area contributed by atoms with E-state index in [1.54, 1.807) is 6.07 Å². The maximum absolute atomic E-state index is 12.0. The van der Waals surface area contributed by atoms with E-state index in [1.807, 2.05) is 0 Å². The van der Waals surface area contributed by atoms with E-state index in [-0.39, 0.29) is 10.6 Å². The van der Waals surface area contributed by atoms with Crippen molar-refractivity contribution in [3.8, 4) is 0 Å². The zero-order valence-electron chi connectivity index (χ0n) is 8.76. The van der Waals surface area contributed by atoms with Gasteiger partial charge in [-0.15, -0.1) is 0 Å². The van der Waals surface area contributed by atoms with E-state index < -0.39 is 15.7 Å². The van der Waals surface area contributed by atoms with Gasteiger partial charge in [0.1, 0.15) is 5.03 Å². The van der Waals surface area contributed by atoms with Crippen LogP contribution < -0.4 is 0 Å². The van der Waals surface area contributed by atoms with Crippen LogP contribution in [-0.2, 0) is 14.5 Å². The Morgan fingerprint density at radius 3 is 2.80 bits per heavy atom. The molecule has 0 aliphatic rings. The van der Waals surface area contributed by atoms with E-state index in [9.17, 15) is 9.00 Å². The predicted octanol–water partition coefficient (Wildman–Crippen LogP) is 0.955. The van der Waals surface area contributed by atoms with Gasteiger partial charge in [0, 0.05) is 19.5 Å². The molecule has 6 heteroatoms. The van der Waals surface area contributed by atoms with Crippen LogP contribution >= 0.6 is 0 Å². The fourth-order valence-electron chi connectivity index (χ4n) is 1.04. The molecule has 0 amide bonds. The van der Waals surface area contributed by atoms with Crippen LogP contribution in [0.4, 0.5) is 0 Å². The van der Waals surface area contributed by atoms with Crippen molar-refractivity contribution in [3.63, 3.8) is 0 Å². The molecule has 1 unspecified atom stereocenters. The molecule has 1 aromatic rings. The van der Waals surface area contributed by atoms with Crippen molar-refractivity contribution in [2.24, 2.45) is 4.36 Å². The summed E-state index contributed by atoms with van der Waals surface area (Å²) in [6.07, 6.45) is 2.90. The predicted molar refractivity (Wildman–Crippen MR) is 56.3 cm³/mol. The van der Waals surface area contributed by atoms with Crippen molar-refractivity contribution in [1.82, 2.24) is 4.98 Å². The maximum atomic E-state index is 12.0. The third-order valence-corrected chi connectivity index (χ3v) is 3.62. The summed E-state index contributed by atoms with van der Waals surface area (Å²) in [5.41, 5.74) is 0.193. The topological polar surface area (TPSA) is 68.6 Å². The molecule has 1 rings (SSSR count). The number of nitrogens with zero attached hydrogens (tertiary/aromatic N) is 2. The highest BCUT2D eigenvalue weighted by Gasteiger charge is 2.18. The van der Waals surface area contributed by atoms with Crippen molar-refractivity contribution >= 4 is 15.7 Å². The standard InChI is InChI=1S/C9H12N2O3S/c1-10-15(3,13)8-7(9(12)14-2)5-4-6-11-8/h4-6H,1-3H3. The lowest BCUT2D eigenvalue weighted by atomic mass is 10.3. The Labute approximate surface area is 88.7 Å². The second kappa shape index (κ2) is 4.39. The van der Waals surface area contributed by atoms with Gasteiger partial charge >= 0.3 is 5.97 Å². The Hall–Kier alpha value is -1.43. The maximum Gasteiger partial charge on any atom is 0.340 e. The normalized spacial score (nSPS) is 14.1. The van der Waals surface area contributed by atoms with Crippen LogP contribution in [0.15, 0.2) is 27.7 Å². The van der Waals surface area contributed by atoms with E-state index >= 15 is 0 Å². The molecule has 15 heavy (non-hydrogen) atoms. The Morgan fingerprint density at radius 2 is 2.27 bits per heavy atom. The molecule has 0 spiro atoms. The summed E-state index contributed by atoms with van der Waals surface area (Å²) >= 11 is 0. The van der Waals surface area contributed by atoms with Crippen LogP contribution in [0.5, 0.6) is 0 Å². The highest BCUT2D eigenvalue weighted by Crippen LogP contribution is 2.14. The molecule has 0 bridgehead atoms. The first-order valence-corrected chi connectivity index (χ1v) is 6.09. The molecule has 82 valence electrons. The van der Waals surface area contributed by atoms with Crippen LogP contribution in [0.1, 0.15) is 10.4 Å². The van der Waals surface area contributed by atoms with Gasteiger partial charge < -0.3 is 4.74 Å². The molecule has 0 aliphatic carbocycles. The molecule has 0 aliphatic heterocycles. The lowest BCUT2D eigenvalue weighted by molar-refractivity contribution is 0.0595. The number of aromatic nitrogens is 1. The smallest absolute Gasteiger partial charge is 0.340 e. The lowest BCUT2D eigenvalue weighted by Gasteiger charge is -2.06. The number of carbonyl (C=O) groups is 1. The minimum atomic E-state index is -2.62. The second-order valence-corrected chi connectivity index (χ2v) is 5.19. The van der Waals surface area contributed by atoms with Crippen LogP contribution in [0.2, 0.25) is 0 Å². The van der Waals surface area contributed by atoms with Gasteiger partial charge in [-0.3, -0.25) is 0 Å². The third-order valence-electron chi connectivity index (χ3n) is 1.88. The SMILES string of the molecule is CN=S(C)(=O)c1ncccc1C(=O)OC. The number of hydrogen-bond acceptors (Lipinski definition) is 5. The van der Waals surface area contributed by atoms with E-state index in [0.717, 1.165) is 0 Å². The molecule has 1 heterocycles. The van der Waals surface area contributed by atoms with E-state index in [1.165, 1.54) is 32.7 Å². The fraction of sp³-hybridized carbons (Fsp3) is 0.333. The Bertz CT molecular complexity index is 490. The van der Waals surface area contributed by atoms with Crippen molar-refractivity contribution in [2.75, 3.05) is 20.4 Å². The van der Waals surface area contributed by atoms with Crippen LogP contribution in [-0.4, -0.2) is 35.6 Å². The Kier molecular flexibility index (Phi) is 3.41. The number of hydrogen-bond donors (Lipinski definition) is 0. The molecule has 1 aromatic heterocycles. The summed E-state index contributed by atoms with van der Waals surface area (Å²) in [7, 11) is 0.0713. The van der Waals surface area contributed by atoms with Gasteiger partial charge in [0.2, 0.25) is 0 Å². The fourth-order valence-corrected chi connectivity index (χ4v) is 2.03. The lowest BCUT2D eigenvalue weighted by Crippen LogP contribution is -2.11. The Morgan fingerprint density at radius 1 is 1.60 bits per heavy atom. The first kappa shape index (κ1) is 11.6. The number of pyridine rings is 1. The molecule has 0 saturated carbocycles. The van der Waals surface area contributed by atoms with Crippen LogP contribution in [0.3, 0.4) is 0 Å². The first-order valence-electron chi connectivity index (χ1n) is 4.16. The number of rotatable bonds is 2. The summed E-state index contributed by atoms with van der Waals surface area (Å²) in [5, 5.41) is 0.166. The van der Waals surface area contributed by atoms with Gasteiger partial charge in [0.15, 0.2) is 0 Å². The number of carbonyl (C=O) groups excluding carboxylic acids is 1. The Balaban J connectivity index is 3.44. The monoisotopic (exact) mass is 228 g/mol. The summed E-state index contributed by atoms with van der Waals surface area (Å²) in [6.45, 7) is 0. The highest BCUT2D eigenvalue weighted by atomic mass is 32.2. The quantitative estimate of drug-likeness (QED) is 0.707. The van der Waals surface area contributed by atoms with Crippen LogP contribution in [0.25, 0.3) is 0 Å². The minimum Gasteiger partial charge on any atom is -0.465 e. The average Bonchev–Trinajstić information content (AvgIpc) is 2.28. The van der Waals surface area contributed by atoms with Crippen LogP contribution in [0, 0.1) is 0 Å². The summed E-state index contributed by atoms with van der Waals surface area (Å²) in [4.78, 5) is 15.3. The van der Waals surface area contributed by atoms with E-state index in [2.05, 4.69) is 14.1 Å². The van der Waals surface area contributed by atoms with Gasteiger partial charge in [-0.25, -0.2) is 18.4 Å². The van der Waals surface area contributed by atoms with Gasteiger partial charge in [-0.2, -0.15) is 0 Å². The molecular formula is C9H12N2O3S. The van der Waals surface area contributed by atoms with E-state index in [0.29, 0.717) is 0 Å². The summed E-state index contributed by atoms with van der Waals surface area (Å²) in [6, 6.07) is 3.10. The van der Waals surface area contributed by atoms with Crippen molar-refractivity contribution in [3.05, 3.63) is 23.9 Å². The molecule has 5 nitrogen and oxygen atoms in total. The van der Waals surface area contributed by atoms with Crippen molar-refractivity contribution in [2.45, 2.75) is 5.03 Å². The van der Waals surface area contributed by atoms with Crippen molar-refractivity contribution < 1.29 is 13.7 Å². The molecule has 0 fully saturated rings. The summed E-state index contributed by atoms with van der Waals surface area (Å²) < 4.78 is 20.3.